The lowest BCUT2D eigenvalue weighted by molar-refractivity contribution is -0.0882. The van der Waals surface area contributed by atoms with E-state index >= 15 is 0 Å². The minimum absolute atomic E-state index is 0.401. The molecule has 0 bridgehead atoms. The average Bonchev–Trinajstić information content (AvgIpc) is 2.25. The molecule has 0 saturated carbocycles. The second kappa shape index (κ2) is 3.90. The van der Waals surface area contributed by atoms with E-state index in [2.05, 4.69) is 0 Å². The van der Waals surface area contributed by atoms with Crippen LogP contribution in [0.3, 0.4) is 0 Å². The second-order valence-electron chi connectivity index (χ2n) is 3.01. The Hall–Kier alpha value is -1.19. The normalized spacial score (nSPS) is 17.9. The van der Waals surface area contributed by atoms with Gasteiger partial charge in [0.05, 0.1) is 12.7 Å². The monoisotopic (exact) mass is 204 g/mol. The summed E-state index contributed by atoms with van der Waals surface area (Å²) in [5.74, 6) is 0.570. The van der Waals surface area contributed by atoms with E-state index in [9.17, 15) is 13.2 Å². The highest BCUT2D eigenvalue weighted by Gasteiger charge is 2.32. The molecule has 0 aromatic carbocycles. The number of methoxy groups -OCH3 is 1. The molecule has 0 unspecified atom stereocenters. The summed E-state index contributed by atoms with van der Waals surface area (Å²) in [5, 5.41) is 0. The van der Waals surface area contributed by atoms with E-state index in [1.165, 1.54) is 13.2 Å². The van der Waals surface area contributed by atoms with E-state index in [0.29, 0.717) is 17.8 Å². The molecule has 0 fully saturated rings. The number of ether oxygens (including phenoxy) is 1. The maximum atomic E-state index is 12.3. The van der Waals surface area contributed by atoms with Gasteiger partial charge in [0, 0.05) is 6.42 Å². The lowest BCUT2D eigenvalue weighted by atomic mass is 10.1. The number of allylic oxidation sites excluding steroid dienone is 5. The maximum absolute atomic E-state index is 12.3. The van der Waals surface area contributed by atoms with Gasteiger partial charge < -0.3 is 4.74 Å². The van der Waals surface area contributed by atoms with Crippen LogP contribution in [0, 0.1) is 0 Å². The predicted molar refractivity (Wildman–Crippen MR) is 47.6 cm³/mol. The molecular weight excluding hydrogens is 193 g/mol. The Bertz CT molecular complexity index is 308. The van der Waals surface area contributed by atoms with E-state index in [4.69, 9.17) is 4.74 Å². The molecule has 0 atom stereocenters. The van der Waals surface area contributed by atoms with Gasteiger partial charge in [-0.05, 0) is 18.6 Å². The highest BCUT2D eigenvalue weighted by Crippen LogP contribution is 2.30. The Morgan fingerprint density at radius 3 is 2.50 bits per heavy atom. The molecule has 0 saturated heterocycles. The van der Waals surface area contributed by atoms with Gasteiger partial charge in [-0.1, -0.05) is 12.2 Å². The Labute approximate surface area is 80.6 Å². The summed E-state index contributed by atoms with van der Waals surface area (Å²) in [4.78, 5) is 0. The quantitative estimate of drug-likeness (QED) is 0.636. The van der Waals surface area contributed by atoms with Crippen LogP contribution in [-0.2, 0) is 4.74 Å². The van der Waals surface area contributed by atoms with Crippen LogP contribution in [0.4, 0.5) is 13.2 Å². The molecular formula is C10H11F3O. The molecule has 1 aliphatic carbocycles. The zero-order chi connectivity index (χ0) is 10.8. The summed E-state index contributed by atoms with van der Waals surface area (Å²) in [7, 11) is 1.46. The highest BCUT2D eigenvalue weighted by atomic mass is 19.4. The molecule has 0 amide bonds. The second-order valence-corrected chi connectivity index (χ2v) is 3.01. The summed E-state index contributed by atoms with van der Waals surface area (Å²) < 4.78 is 42.0. The molecule has 0 aromatic heterocycles. The van der Waals surface area contributed by atoms with Gasteiger partial charge in [-0.2, -0.15) is 13.2 Å². The third-order valence-corrected chi connectivity index (χ3v) is 1.99. The SMILES string of the molecule is COC1=C(C)C=C(C(F)(F)F)C=CC1. The fourth-order valence-corrected chi connectivity index (χ4v) is 1.24. The molecule has 0 heterocycles. The van der Waals surface area contributed by atoms with E-state index in [0.717, 1.165) is 12.2 Å². The van der Waals surface area contributed by atoms with Gasteiger partial charge in [0.1, 0.15) is 5.76 Å². The summed E-state index contributed by atoms with van der Waals surface area (Å²) in [6, 6.07) is 0. The fourth-order valence-electron chi connectivity index (χ4n) is 1.24. The van der Waals surface area contributed by atoms with Gasteiger partial charge >= 0.3 is 6.18 Å². The molecule has 14 heavy (non-hydrogen) atoms. The molecule has 1 rings (SSSR count). The first kappa shape index (κ1) is 10.9. The van der Waals surface area contributed by atoms with Crippen molar-refractivity contribution in [3.8, 4) is 0 Å². The standard InChI is InChI=1S/C10H11F3O/c1-7-6-8(10(11,12)13)4-3-5-9(7)14-2/h3-4,6H,5H2,1-2H3. The predicted octanol–water partition coefficient (Wildman–Crippen LogP) is 3.36. The minimum atomic E-state index is -4.29. The van der Waals surface area contributed by atoms with Crippen molar-refractivity contribution in [2.75, 3.05) is 7.11 Å². The van der Waals surface area contributed by atoms with Crippen molar-refractivity contribution in [2.24, 2.45) is 0 Å². The van der Waals surface area contributed by atoms with Gasteiger partial charge in [-0.3, -0.25) is 0 Å². The van der Waals surface area contributed by atoms with Crippen LogP contribution >= 0.6 is 0 Å². The molecule has 4 heteroatoms. The first-order valence-corrected chi connectivity index (χ1v) is 4.14. The molecule has 0 aliphatic heterocycles. The zero-order valence-electron chi connectivity index (χ0n) is 7.98. The van der Waals surface area contributed by atoms with Crippen molar-refractivity contribution < 1.29 is 17.9 Å². The van der Waals surface area contributed by atoms with Crippen molar-refractivity contribution >= 4 is 0 Å². The Morgan fingerprint density at radius 2 is 2.00 bits per heavy atom. The Kier molecular flexibility index (Phi) is 3.03. The van der Waals surface area contributed by atoms with E-state index in [-0.39, 0.29) is 0 Å². The molecule has 78 valence electrons. The first-order valence-electron chi connectivity index (χ1n) is 4.14. The lowest BCUT2D eigenvalue weighted by Gasteiger charge is -2.07. The summed E-state index contributed by atoms with van der Waals surface area (Å²) in [6.07, 6.45) is -0.258. The third kappa shape index (κ3) is 2.40. The number of rotatable bonds is 1. The lowest BCUT2D eigenvalue weighted by Crippen LogP contribution is -2.09. The number of alkyl halides is 3. The van der Waals surface area contributed by atoms with Crippen molar-refractivity contribution in [1.29, 1.82) is 0 Å². The number of halogens is 3. The fraction of sp³-hybridized carbons (Fsp3) is 0.400. The molecule has 0 spiro atoms. The molecule has 0 aromatic rings. The summed E-state index contributed by atoms with van der Waals surface area (Å²) in [6.45, 7) is 1.61. The van der Waals surface area contributed by atoms with Crippen LogP contribution < -0.4 is 0 Å². The van der Waals surface area contributed by atoms with Gasteiger partial charge in [-0.25, -0.2) is 0 Å². The van der Waals surface area contributed by atoms with Crippen molar-refractivity contribution in [2.45, 2.75) is 19.5 Å². The zero-order valence-corrected chi connectivity index (χ0v) is 7.98. The van der Waals surface area contributed by atoms with Gasteiger partial charge in [0.15, 0.2) is 0 Å². The summed E-state index contributed by atoms with van der Waals surface area (Å²) in [5.41, 5.74) is -0.119. The van der Waals surface area contributed by atoms with Crippen molar-refractivity contribution in [3.63, 3.8) is 0 Å². The van der Waals surface area contributed by atoms with Gasteiger partial charge in [0.25, 0.3) is 0 Å². The highest BCUT2D eigenvalue weighted by molar-refractivity contribution is 5.37. The van der Waals surface area contributed by atoms with E-state index in [1.54, 1.807) is 6.92 Å². The van der Waals surface area contributed by atoms with Crippen LogP contribution in [0.5, 0.6) is 0 Å². The Morgan fingerprint density at radius 1 is 1.36 bits per heavy atom. The van der Waals surface area contributed by atoms with E-state index in [1.807, 2.05) is 0 Å². The summed E-state index contributed by atoms with van der Waals surface area (Å²) >= 11 is 0. The van der Waals surface area contributed by atoms with Crippen LogP contribution in [0.1, 0.15) is 13.3 Å². The van der Waals surface area contributed by atoms with Crippen LogP contribution in [-0.4, -0.2) is 13.3 Å². The average molecular weight is 204 g/mol. The smallest absolute Gasteiger partial charge is 0.416 e. The molecule has 1 aliphatic rings. The molecule has 1 nitrogen and oxygen atoms in total. The molecule has 0 N–H and O–H groups in total. The number of hydrogen-bond donors (Lipinski definition) is 0. The van der Waals surface area contributed by atoms with Crippen molar-refractivity contribution in [1.82, 2.24) is 0 Å². The van der Waals surface area contributed by atoms with Crippen molar-refractivity contribution in [3.05, 3.63) is 35.1 Å². The maximum Gasteiger partial charge on any atom is 0.416 e. The van der Waals surface area contributed by atoms with E-state index < -0.39 is 11.7 Å². The topological polar surface area (TPSA) is 9.23 Å². The first-order chi connectivity index (χ1) is 6.45. The third-order valence-electron chi connectivity index (χ3n) is 1.99. The van der Waals surface area contributed by atoms with Crippen LogP contribution in [0.25, 0.3) is 0 Å². The number of hydrogen-bond acceptors (Lipinski definition) is 1. The van der Waals surface area contributed by atoms with Crippen LogP contribution in [0.2, 0.25) is 0 Å². The van der Waals surface area contributed by atoms with Gasteiger partial charge in [0.2, 0.25) is 0 Å². The van der Waals surface area contributed by atoms with Crippen LogP contribution in [0.15, 0.2) is 35.1 Å². The minimum Gasteiger partial charge on any atom is -0.501 e. The van der Waals surface area contributed by atoms with Gasteiger partial charge in [-0.15, -0.1) is 0 Å². The largest absolute Gasteiger partial charge is 0.501 e. The molecule has 0 radical (unpaired) electrons. The Balaban J connectivity index is 3.06.